The smallest absolute Gasteiger partial charge is 0.0266 e. The van der Waals surface area contributed by atoms with Crippen LogP contribution in [0.5, 0.6) is 0 Å². The minimum atomic E-state index is 1.06. The fraction of sp³-hybridized carbons (Fsp3) is 0.857. The van der Waals surface area contributed by atoms with Crippen LogP contribution in [0, 0.1) is 11.8 Å². The highest BCUT2D eigenvalue weighted by Gasteiger charge is 2.23. The molecule has 0 bridgehead atoms. The van der Waals surface area contributed by atoms with Crippen LogP contribution < -0.4 is 0 Å². The van der Waals surface area contributed by atoms with E-state index in [1.54, 1.807) is 5.92 Å². The quantitative estimate of drug-likeness (QED) is 0.471. The van der Waals surface area contributed by atoms with E-state index in [1.165, 1.54) is 19.3 Å². The fourth-order valence-corrected chi connectivity index (χ4v) is 1.21. The lowest BCUT2D eigenvalue weighted by Gasteiger charge is -2.30. The van der Waals surface area contributed by atoms with Crippen LogP contribution in [0.3, 0.4) is 0 Å². The first kappa shape index (κ1) is 5.14. The summed E-state index contributed by atoms with van der Waals surface area (Å²) >= 11 is 0. The Morgan fingerprint density at radius 1 is 1.57 bits per heavy atom. The highest BCUT2D eigenvalue weighted by atomic mass is 14.3. The Kier molecular flexibility index (Phi) is 1.36. The molecule has 0 unspecified atom stereocenters. The van der Waals surface area contributed by atoms with E-state index < -0.39 is 0 Å². The van der Waals surface area contributed by atoms with Gasteiger partial charge >= 0.3 is 0 Å². The van der Waals surface area contributed by atoms with Gasteiger partial charge < -0.3 is 0 Å². The van der Waals surface area contributed by atoms with E-state index in [0.29, 0.717) is 0 Å². The summed E-state index contributed by atoms with van der Waals surface area (Å²) in [6, 6.07) is 0. The van der Waals surface area contributed by atoms with Crippen molar-refractivity contribution in [2.24, 2.45) is 5.92 Å². The second kappa shape index (κ2) is 1.85. The molecular weight excluding hydrogens is 84.1 g/mol. The zero-order valence-corrected chi connectivity index (χ0v) is 5.20. The minimum absolute atomic E-state index is 1.06. The molecule has 0 heteroatoms. The molecule has 0 amide bonds. The molecule has 1 aliphatic carbocycles. The van der Waals surface area contributed by atoms with Crippen molar-refractivity contribution in [2.75, 3.05) is 0 Å². The van der Waals surface area contributed by atoms with Gasteiger partial charge in [-0.15, -0.1) is 0 Å². The predicted octanol–water partition coefficient (Wildman–Crippen LogP) is 2.40. The van der Waals surface area contributed by atoms with E-state index in [0.717, 1.165) is 5.92 Å². The van der Waals surface area contributed by atoms with Crippen LogP contribution in [0.2, 0.25) is 0 Å². The van der Waals surface area contributed by atoms with Crippen LogP contribution in [0.4, 0.5) is 0 Å². The van der Waals surface area contributed by atoms with Gasteiger partial charge in [-0.05, 0) is 24.7 Å². The lowest BCUT2D eigenvalue weighted by molar-refractivity contribution is 0.347. The molecule has 0 aromatic rings. The molecule has 0 saturated heterocycles. The van der Waals surface area contributed by atoms with Gasteiger partial charge in [0.15, 0.2) is 0 Å². The maximum Gasteiger partial charge on any atom is -0.0266 e. The van der Waals surface area contributed by atoms with Crippen molar-refractivity contribution in [3.05, 3.63) is 5.92 Å². The van der Waals surface area contributed by atoms with E-state index in [1.807, 2.05) is 0 Å². The van der Waals surface area contributed by atoms with Gasteiger partial charge in [-0.1, -0.05) is 20.3 Å². The summed E-state index contributed by atoms with van der Waals surface area (Å²) in [6.45, 7) is 4.53. The predicted molar refractivity (Wildman–Crippen MR) is 31.9 cm³/mol. The van der Waals surface area contributed by atoms with Gasteiger partial charge in [0.1, 0.15) is 0 Å². The third-order valence-electron chi connectivity index (χ3n) is 1.85. The van der Waals surface area contributed by atoms with Gasteiger partial charge in [0.2, 0.25) is 0 Å². The Labute approximate surface area is 45.9 Å². The number of hydrogen-bond acceptors (Lipinski definition) is 0. The third kappa shape index (κ3) is 0.960. The summed E-state index contributed by atoms with van der Waals surface area (Å²) in [5, 5.41) is 0. The summed E-state index contributed by atoms with van der Waals surface area (Å²) < 4.78 is 0. The summed E-state index contributed by atoms with van der Waals surface area (Å²) in [5.41, 5.74) is 0. The number of hydrogen-bond donors (Lipinski definition) is 0. The Bertz CT molecular complexity index is 51.1. The van der Waals surface area contributed by atoms with E-state index in [4.69, 9.17) is 0 Å². The van der Waals surface area contributed by atoms with Crippen LogP contribution in [0.1, 0.15) is 33.1 Å². The first-order valence-corrected chi connectivity index (χ1v) is 3.14. The first-order chi connectivity index (χ1) is 3.33. The molecule has 0 heterocycles. The lowest BCUT2D eigenvalue weighted by Crippen LogP contribution is -2.17. The SMILES string of the molecule is CCC1C[C](C)C1. The van der Waals surface area contributed by atoms with Crippen LogP contribution in [0.15, 0.2) is 0 Å². The van der Waals surface area contributed by atoms with Crippen LogP contribution in [-0.4, -0.2) is 0 Å². The maximum atomic E-state index is 2.27. The second-order valence-electron chi connectivity index (χ2n) is 2.64. The van der Waals surface area contributed by atoms with Gasteiger partial charge in [0.05, 0.1) is 0 Å². The van der Waals surface area contributed by atoms with Gasteiger partial charge in [-0.2, -0.15) is 0 Å². The molecule has 41 valence electrons. The lowest BCUT2D eigenvalue weighted by atomic mass is 9.75. The van der Waals surface area contributed by atoms with Gasteiger partial charge in [-0.25, -0.2) is 0 Å². The summed E-state index contributed by atoms with van der Waals surface area (Å²) in [4.78, 5) is 0. The standard InChI is InChI=1S/C7H13/c1-3-7-4-6(2)5-7/h7H,3-5H2,1-2H3. The zero-order chi connectivity index (χ0) is 5.28. The first-order valence-electron chi connectivity index (χ1n) is 3.14. The van der Waals surface area contributed by atoms with Crippen molar-refractivity contribution in [3.63, 3.8) is 0 Å². The van der Waals surface area contributed by atoms with E-state index >= 15 is 0 Å². The molecule has 7 heavy (non-hydrogen) atoms. The molecule has 0 aliphatic heterocycles. The summed E-state index contributed by atoms with van der Waals surface area (Å²) in [5.74, 6) is 2.76. The minimum Gasteiger partial charge on any atom is -0.0651 e. The second-order valence-corrected chi connectivity index (χ2v) is 2.64. The third-order valence-corrected chi connectivity index (χ3v) is 1.85. The molecule has 0 atom stereocenters. The molecular formula is C7H13. The van der Waals surface area contributed by atoms with Crippen molar-refractivity contribution >= 4 is 0 Å². The average Bonchev–Trinajstić information content (AvgIpc) is 1.58. The largest absolute Gasteiger partial charge is 0.0651 e. The Hall–Kier alpha value is 0. The van der Waals surface area contributed by atoms with Crippen LogP contribution in [-0.2, 0) is 0 Å². The maximum absolute atomic E-state index is 2.27. The molecule has 0 N–H and O–H groups in total. The Morgan fingerprint density at radius 3 is 2.29 bits per heavy atom. The van der Waals surface area contributed by atoms with Crippen LogP contribution in [0.25, 0.3) is 0 Å². The highest BCUT2D eigenvalue weighted by molar-refractivity contribution is 4.98. The molecule has 1 aliphatic rings. The van der Waals surface area contributed by atoms with E-state index in [-0.39, 0.29) is 0 Å². The monoisotopic (exact) mass is 97.1 g/mol. The number of rotatable bonds is 1. The average molecular weight is 97.2 g/mol. The van der Waals surface area contributed by atoms with Crippen molar-refractivity contribution in [3.8, 4) is 0 Å². The van der Waals surface area contributed by atoms with Crippen molar-refractivity contribution in [1.82, 2.24) is 0 Å². The van der Waals surface area contributed by atoms with Gasteiger partial charge in [0.25, 0.3) is 0 Å². The van der Waals surface area contributed by atoms with Gasteiger partial charge in [-0.3, -0.25) is 0 Å². The molecule has 1 saturated carbocycles. The highest BCUT2D eigenvalue weighted by Crippen LogP contribution is 2.36. The van der Waals surface area contributed by atoms with E-state index in [9.17, 15) is 0 Å². The van der Waals surface area contributed by atoms with E-state index in [2.05, 4.69) is 13.8 Å². The Morgan fingerprint density at radius 2 is 2.14 bits per heavy atom. The zero-order valence-electron chi connectivity index (χ0n) is 5.20. The molecule has 0 spiro atoms. The summed E-state index contributed by atoms with van der Waals surface area (Å²) in [6.07, 6.45) is 4.21. The van der Waals surface area contributed by atoms with Crippen molar-refractivity contribution in [1.29, 1.82) is 0 Å². The molecule has 1 radical (unpaired) electrons. The Balaban J connectivity index is 2.06. The summed E-state index contributed by atoms with van der Waals surface area (Å²) in [7, 11) is 0. The molecule has 0 aromatic heterocycles. The van der Waals surface area contributed by atoms with Crippen LogP contribution >= 0.6 is 0 Å². The van der Waals surface area contributed by atoms with Gasteiger partial charge in [0, 0.05) is 0 Å². The topological polar surface area (TPSA) is 0 Å². The normalized spacial score (nSPS) is 24.9. The molecule has 1 rings (SSSR count). The molecule has 0 nitrogen and oxygen atoms in total. The molecule has 0 aromatic carbocycles. The molecule has 1 fully saturated rings. The van der Waals surface area contributed by atoms with Crippen molar-refractivity contribution in [2.45, 2.75) is 33.1 Å². The fourth-order valence-electron chi connectivity index (χ4n) is 1.21. The van der Waals surface area contributed by atoms with Crippen molar-refractivity contribution < 1.29 is 0 Å².